The number of carbonyl (C=O) groups excluding carboxylic acids is 2. The maximum absolute atomic E-state index is 13.4. The molecule has 0 bridgehead atoms. The van der Waals surface area contributed by atoms with Crippen molar-refractivity contribution in [2.45, 2.75) is 19.0 Å². The van der Waals surface area contributed by atoms with Crippen LogP contribution in [0, 0.1) is 5.82 Å². The van der Waals surface area contributed by atoms with Gasteiger partial charge in [0.25, 0.3) is 5.91 Å². The molecule has 4 heterocycles. The summed E-state index contributed by atoms with van der Waals surface area (Å²) in [4.78, 5) is 52.0. The van der Waals surface area contributed by atoms with E-state index in [9.17, 15) is 23.9 Å². The number of hydrogen-bond donors (Lipinski definition) is 2. The van der Waals surface area contributed by atoms with Crippen molar-refractivity contribution in [1.29, 1.82) is 0 Å². The molecule has 0 spiro atoms. The predicted octanol–water partition coefficient (Wildman–Crippen LogP) is 0.888. The van der Waals surface area contributed by atoms with Gasteiger partial charge in [0.05, 0.1) is 17.4 Å². The largest absolute Gasteiger partial charge is 0.501 e. The van der Waals surface area contributed by atoms with Gasteiger partial charge in [-0.25, -0.2) is 9.37 Å². The predicted molar refractivity (Wildman–Crippen MR) is 145 cm³/mol. The molecule has 5 rings (SSSR count). The molecule has 2 aromatic heterocycles. The van der Waals surface area contributed by atoms with Crippen molar-refractivity contribution >= 4 is 28.8 Å². The highest BCUT2D eigenvalue weighted by Gasteiger charge is 2.36. The number of nitrogens with zero attached hydrogens (tertiary/aromatic N) is 6. The Balaban J connectivity index is 1.57. The molecule has 0 saturated carbocycles. The number of anilines is 2. The number of amides is 2. The second-order valence-corrected chi connectivity index (χ2v) is 10.2. The van der Waals surface area contributed by atoms with Crippen LogP contribution in [-0.2, 0) is 11.3 Å². The van der Waals surface area contributed by atoms with E-state index in [0.717, 1.165) is 31.9 Å². The molecule has 1 aromatic carbocycles. The highest BCUT2D eigenvalue weighted by Crippen LogP contribution is 2.32. The standard InChI is InChI=1S/C27H32FN7O4/c1-31(2)20-8-9-34(26(20)38)21-14-19(33-12-10-32(3)11-13-33)16-35-24(21)30-22(23(36)27(35)39)25(37)29-15-17-4-6-18(28)7-5-17/h4-7,14,16,20,36H,8-13,15H2,1-3H3,(H,29,37). The van der Waals surface area contributed by atoms with Gasteiger partial charge in [-0.15, -0.1) is 0 Å². The zero-order valence-corrected chi connectivity index (χ0v) is 22.2. The number of halogens is 1. The lowest BCUT2D eigenvalue weighted by molar-refractivity contribution is -0.120. The van der Waals surface area contributed by atoms with E-state index in [1.807, 2.05) is 32.1 Å². The summed E-state index contributed by atoms with van der Waals surface area (Å²) in [5, 5.41) is 13.4. The van der Waals surface area contributed by atoms with Gasteiger partial charge in [0.2, 0.25) is 11.7 Å². The highest BCUT2D eigenvalue weighted by molar-refractivity contribution is 6.03. The molecule has 3 aromatic rings. The van der Waals surface area contributed by atoms with Gasteiger partial charge in [-0.3, -0.25) is 23.7 Å². The van der Waals surface area contributed by atoms with Crippen molar-refractivity contribution in [2.24, 2.45) is 0 Å². The van der Waals surface area contributed by atoms with Gasteiger partial charge in [0.1, 0.15) is 5.82 Å². The van der Waals surface area contributed by atoms with Crippen LogP contribution in [0.2, 0.25) is 0 Å². The molecule has 2 saturated heterocycles. The third-order valence-electron chi connectivity index (χ3n) is 7.41. The van der Waals surface area contributed by atoms with Crippen LogP contribution in [0.3, 0.4) is 0 Å². The van der Waals surface area contributed by atoms with Gasteiger partial charge < -0.3 is 25.1 Å². The van der Waals surface area contributed by atoms with E-state index in [0.29, 0.717) is 24.2 Å². The molecule has 1 atom stereocenters. The van der Waals surface area contributed by atoms with Crippen LogP contribution in [0.15, 0.2) is 41.3 Å². The summed E-state index contributed by atoms with van der Waals surface area (Å²) >= 11 is 0. The molecule has 2 aliphatic heterocycles. The van der Waals surface area contributed by atoms with Crippen LogP contribution in [0.25, 0.3) is 5.65 Å². The number of fused-ring (bicyclic) bond motifs is 1. The lowest BCUT2D eigenvalue weighted by atomic mass is 10.2. The molecule has 206 valence electrons. The molecule has 2 amide bonds. The van der Waals surface area contributed by atoms with Gasteiger partial charge >= 0.3 is 5.56 Å². The Hall–Kier alpha value is -4.03. The van der Waals surface area contributed by atoms with Gasteiger partial charge in [-0.2, -0.15) is 0 Å². The van der Waals surface area contributed by atoms with Crippen molar-refractivity contribution in [3.05, 3.63) is 64.0 Å². The summed E-state index contributed by atoms with van der Waals surface area (Å²) < 4.78 is 14.4. The number of aromatic hydroxyl groups is 1. The highest BCUT2D eigenvalue weighted by atomic mass is 19.1. The molecule has 0 aliphatic carbocycles. The quantitative estimate of drug-likeness (QED) is 0.477. The summed E-state index contributed by atoms with van der Waals surface area (Å²) in [6, 6.07) is 7.11. The first-order valence-corrected chi connectivity index (χ1v) is 12.9. The van der Waals surface area contributed by atoms with Crippen molar-refractivity contribution in [2.75, 3.05) is 63.7 Å². The molecule has 12 heteroatoms. The fourth-order valence-corrected chi connectivity index (χ4v) is 5.04. The summed E-state index contributed by atoms with van der Waals surface area (Å²) in [5.41, 5.74) is 0.632. The number of pyridine rings is 1. The fourth-order valence-electron chi connectivity index (χ4n) is 5.04. The maximum Gasteiger partial charge on any atom is 0.301 e. The number of nitrogens with one attached hydrogen (secondary N) is 1. The Labute approximate surface area is 225 Å². The first-order valence-electron chi connectivity index (χ1n) is 12.9. The number of likely N-dealkylation sites (N-methyl/N-ethyl adjacent to an activating group) is 2. The summed E-state index contributed by atoms with van der Waals surface area (Å²) in [5.74, 6) is -2.07. The number of rotatable bonds is 6. The van der Waals surface area contributed by atoms with Crippen molar-refractivity contribution in [1.82, 2.24) is 24.5 Å². The van der Waals surface area contributed by atoms with Gasteiger partial charge in [-0.1, -0.05) is 12.1 Å². The number of aromatic nitrogens is 2. The first kappa shape index (κ1) is 26.6. The molecule has 2 N–H and O–H groups in total. The third kappa shape index (κ3) is 5.17. The Morgan fingerprint density at radius 3 is 2.46 bits per heavy atom. The molecule has 39 heavy (non-hydrogen) atoms. The number of carbonyl (C=O) groups is 2. The van der Waals surface area contributed by atoms with E-state index in [4.69, 9.17) is 0 Å². The van der Waals surface area contributed by atoms with E-state index >= 15 is 0 Å². The molecular weight excluding hydrogens is 505 g/mol. The SMILES string of the molecule is CN1CCN(c2cc(N3CCC(N(C)C)C3=O)c3nc(C(=O)NCc4ccc(F)cc4)c(O)c(=O)n3c2)CC1. The van der Waals surface area contributed by atoms with Crippen molar-refractivity contribution in [3.63, 3.8) is 0 Å². The number of benzene rings is 1. The lowest BCUT2D eigenvalue weighted by Crippen LogP contribution is -2.44. The van der Waals surface area contributed by atoms with Crippen LogP contribution in [0.4, 0.5) is 15.8 Å². The van der Waals surface area contributed by atoms with E-state index in [1.165, 1.54) is 28.7 Å². The molecule has 0 radical (unpaired) electrons. The van der Waals surface area contributed by atoms with E-state index in [-0.39, 0.29) is 24.1 Å². The van der Waals surface area contributed by atoms with Gasteiger partial charge in [-0.05, 0) is 51.3 Å². The average molecular weight is 538 g/mol. The zero-order chi connectivity index (χ0) is 27.8. The Bertz CT molecular complexity index is 1470. The van der Waals surface area contributed by atoms with E-state index < -0.39 is 28.7 Å². The molecule has 11 nitrogen and oxygen atoms in total. The van der Waals surface area contributed by atoms with Crippen LogP contribution in [0.1, 0.15) is 22.5 Å². The summed E-state index contributed by atoms with van der Waals surface area (Å²) in [6.45, 7) is 3.60. The second-order valence-electron chi connectivity index (χ2n) is 10.2. The maximum atomic E-state index is 13.4. The summed E-state index contributed by atoms with van der Waals surface area (Å²) in [7, 11) is 5.73. The van der Waals surface area contributed by atoms with Crippen LogP contribution in [0.5, 0.6) is 5.75 Å². The Morgan fingerprint density at radius 1 is 1.13 bits per heavy atom. The molecule has 2 aliphatic rings. The van der Waals surface area contributed by atoms with Crippen molar-refractivity contribution in [3.8, 4) is 5.75 Å². The normalized spacial score (nSPS) is 18.4. The van der Waals surface area contributed by atoms with Crippen LogP contribution >= 0.6 is 0 Å². The van der Waals surface area contributed by atoms with Crippen LogP contribution in [-0.4, -0.2) is 96.0 Å². The Kier molecular flexibility index (Phi) is 7.23. The van der Waals surface area contributed by atoms with Gasteiger partial charge in [0.15, 0.2) is 11.3 Å². The smallest absolute Gasteiger partial charge is 0.301 e. The Morgan fingerprint density at radius 2 is 1.82 bits per heavy atom. The minimum absolute atomic E-state index is 0.0456. The molecule has 2 fully saturated rings. The van der Waals surface area contributed by atoms with E-state index in [2.05, 4.69) is 20.1 Å². The average Bonchev–Trinajstić information content (AvgIpc) is 3.31. The minimum atomic E-state index is -0.806. The molecular formula is C27H32FN7O4. The fraction of sp³-hybridized carbons (Fsp3) is 0.407. The summed E-state index contributed by atoms with van der Waals surface area (Å²) in [6.07, 6.45) is 2.20. The zero-order valence-electron chi connectivity index (χ0n) is 22.2. The van der Waals surface area contributed by atoms with E-state index in [1.54, 1.807) is 11.1 Å². The lowest BCUT2D eigenvalue weighted by Gasteiger charge is -2.34. The number of hydrogen-bond acceptors (Lipinski definition) is 8. The number of piperazine rings is 1. The minimum Gasteiger partial charge on any atom is -0.501 e. The first-order chi connectivity index (χ1) is 18.6. The van der Waals surface area contributed by atoms with Crippen LogP contribution < -0.4 is 20.7 Å². The van der Waals surface area contributed by atoms with Crippen molar-refractivity contribution < 1.29 is 19.1 Å². The topological polar surface area (TPSA) is 114 Å². The second kappa shape index (κ2) is 10.6. The monoisotopic (exact) mass is 537 g/mol. The third-order valence-corrected chi connectivity index (χ3v) is 7.41. The molecule has 1 unspecified atom stereocenters. The van der Waals surface area contributed by atoms with Gasteiger partial charge in [0, 0.05) is 45.5 Å².